The van der Waals surface area contributed by atoms with Crippen LogP contribution in [0.25, 0.3) is 11.3 Å². The van der Waals surface area contributed by atoms with Gasteiger partial charge in [0.15, 0.2) is 0 Å². The van der Waals surface area contributed by atoms with Gasteiger partial charge in [0.1, 0.15) is 29.6 Å². The van der Waals surface area contributed by atoms with Crippen molar-refractivity contribution in [2.75, 3.05) is 6.61 Å². The van der Waals surface area contributed by atoms with E-state index in [1.54, 1.807) is 10.9 Å². The number of hydrogen-bond donors (Lipinski definition) is 0. The first-order valence-corrected chi connectivity index (χ1v) is 13.9. The molecule has 5 aromatic rings. The Balaban J connectivity index is 1.33. The van der Waals surface area contributed by atoms with E-state index in [1.807, 2.05) is 72.6 Å². The molecule has 0 N–H and O–H groups in total. The van der Waals surface area contributed by atoms with Crippen LogP contribution in [0.1, 0.15) is 57.9 Å². The van der Waals surface area contributed by atoms with Gasteiger partial charge in [0.25, 0.3) is 5.91 Å². The zero-order chi connectivity index (χ0) is 28.3. The number of fused-ring (bicyclic) bond motifs is 1. The maximum Gasteiger partial charge on any atom is 0.273 e. The summed E-state index contributed by atoms with van der Waals surface area (Å²) in [6, 6.07) is 27.7. The summed E-state index contributed by atoms with van der Waals surface area (Å²) in [6.45, 7) is 5.66. The Morgan fingerprint density at radius 3 is 2.29 bits per heavy atom. The molecule has 6 rings (SSSR count). The van der Waals surface area contributed by atoms with Crippen LogP contribution in [0.5, 0.6) is 11.5 Å². The van der Waals surface area contributed by atoms with Crippen molar-refractivity contribution >= 4 is 5.91 Å². The summed E-state index contributed by atoms with van der Waals surface area (Å²) in [5.74, 6) is 2.23. The summed E-state index contributed by atoms with van der Waals surface area (Å²) in [5, 5.41) is 4.83. The molecule has 0 spiro atoms. The predicted molar refractivity (Wildman–Crippen MR) is 157 cm³/mol. The minimum absolute atomic E-state index is 0.0768. The zero-order valence-corrected chi connectivity index (χ0v) is 23.5. The lowest BCUT2D eigenvalue weighted by molar-refractivity contribution is 0.0713. The van der Waals surface area contributed by atoms with Gasteiger partial charge in [-0.2, -0.15) is 5.10 Å². The van der Waals surface area contributed by atoms with E-state index in [0.717, 1.165) is 51.6 Å². The van der Waals surface area contributed by atoms with Crippen LogP contribution in [0, 0.1) is 6.92 Å². The largest absolute Gasteiger partial charge is 0.494 e. The molecule has 0 aliphatic carbocycles. The van der Waals surface area contributed by atoms with E-state index in [9.17, 15) is 4.79 Å². The Bertz CT molecular complexity index is 1620. The SMILES string of the molecule is CCCOc1ccc([C@H]2c3c(-c4ccc(OCc5ccc(C)cc5)cc4)nn(C)c3C(=O)N2Cc2ccco2)cc1. The average Bonchev–Trinajstić information content (AvgIpc) is 3.70. The molecule has 208 valence electrons. The van der Waals surface area contributed by atoms with Crippen LogP contribution in [0.15, 0.2) is 95.6 Å². The van der Waals surface area contributed by atoms with Gasteiger partial charge in [-0.05, 0) is 73.0 Å². The third kappa shape index (κ3) is 5.35. The van der Waals surface area contributed by atoms with E-state index in [-0.39, 0.29) is 11.9 Å². The third-order valence-electron chi connectivity index (χ3n) is 7.36. The molecular formula is C34H33N3O4. The third-order valence-corrected chi connectivity index (χ3v) is 7.36. The number of nitrogens with zero attached hydrogens (tertiary/aromatic N) is 3. The Morgan fingerprint density at radius 1 is 0.902 bits per heavy atom. The van der Waals surface area contributed by atoms with Crippen LogP contribution in [-0.4, -0.2) is 27.2 Å². The molecule has 41 heavy (non-hydrogen) atoms. The van der Waals surface area contributed by atoms with Gasteiger partial charge in [0.2, 0.25) is 0 Å². The van der Waals surface area contributed by atoms with Gasteiger partial charge in [-0.15, -0.1) is 0 Å². The van der Waals surface area contributed by atoms with Crippen molar-refractivity contribution in [1.82, 2.24) is 14.7 Å². The van der Waals surface area contributed by atoms with Crippen molar-refractivity contribution in [3.8, 4) is 22.8 Å². The molecule has 3 heterocycles. The number of furan rings is 1. The summed E-state index contributed by atoms with van der Waals surface area (Å²) in [4.78, 5) is 15.7. The summed E-state index contributed by atoms with van der Waals surface area (Å²) < 4.78 is 19.2. The number of amides is 1. The van der Waals surface area contributed by atoms with Crippen molar-refractivity contribution in [1.29, 1.82) is 0 Å². The maximum absolute atomic E-state index is 13.9. The highest BCUT2D eigenvalue weighted by Gasteiger charge is 2.43. The summed E-state index contributed by atoms with van der Waals surface area (Å²) in [6.07, 6.45) is 2.57. The zero-order valence-electron chi connectivity index (χ0n) is 23.5. The van der Waals surface area contributed by atoms with Crippen LogP contribution in [0.3, 0.4) is 0 Å². The summed E-state index contributed by atoms with van der Waals surface area (Å²) in [7, 11) is 1.83. The molecule has 1 atom stereocenters. The molecule has 1 aliphatic heterocycles. The second-order valence-corrected chi connectivity index (χ2v) is 10.4. The highest BCUT2D eigenvalue weighted by Crippen LogP contribution is 2.44. The predicted octanol–water partition coefficient (Wildman–Crippen LogP) is 7.10. The van der Waals surface area contributed by atoms with Gasteiger partial charge < -0.3 is 18.8 Å². The van der Waals surface area contributed by atoms with Crippen LogP contribution < -0.4 is 9.47 Å². The number of benzene rings is 3. The highest BCUT2D eigenvalue weighted by atomic mass is 16.5. The van der Waals surface area contributed by atoms with Gasteiger partial charge in [-0.1, -0.05) is 48.9 Å². The molecular weight excluding hydrogens is 514 g/mol. The molecule has 7 heteroatoms. The smallest absolute Gasteiger partial charge is 0.273 e. The normalized spacial score (nSPS) is 14.4. The van der Waals surface area contributed by atoms with E-state index in [2.05, 4.69) is 38.1 Å². The van der Waals surface area contributed by atoms with Gasteiger partial charge in [0.05, 0.1) is 31.2 Å². The lowest BCUT2D eigenvalue weighted by atomic mass is 9.96. The number of ether oxygens (including phenoxy) is 2. The second kappa shape index (κ2) is 11.4. The molecule has 3 aromatic carbocycles. The van der Waals surface area contributed by atoms with E-state index >= 15 is 0 Å². The lowest BCUT2D eigenvalue weighted by Crippen LogP contribution is -2.29. The first-order chi connectivity index (χ1) is 20.0. The molecule has 1 amide bonds. The first kappa shape index (κ1) is 26.4. The fourth-order valence-corrected chi connectivity index (χ4v) is 5.28. The molecule has 2 aromatic heterocycles. The molecule has 0 unspecified atom stereocenters. The number of carbonyl (C=O) groups is 1. The minimum Gasteiger partial charge on any atom is -0.494 e. The molecule has 0 fully saturated rings. The van der Waals surface area contributed by atoms with E-state index < -0.39 is 0 Å². The number of rotatable bonds is 10. The molecule has 0 saturated carbocycles. The lowest BCUT2D eigenvalue weighted by Gasteiger charge is -2.26. The minimum atomic E-state index is -0.330. The van der Waals surface area contributed by atoms with E-state index in [0.29, 0.717) is 25.5 Å². The molecule has 7 nitrogen and oxygen atoms in total. The highest BCUT2D eigenvalue weighted by molar-refractivity contribution is 6.00. The number of carbonyl (C=O) groups excluding carboxylic acids is 1. The van der Waals surface area contributed by atoms with Gasteiger partial charge in [0, 0.05) is 18.2 Å². The molecule has 0 radical (unpaired) electrons. The Hall–Kier alpha value is -4.78. The summed E-state index contributed by atoms with van der Waals surface area (Å²) >= 11 is 0. The van der Waals surface area contributed by atoms with Gasteiger partial charge in [-0.3, -0.25) is 9.48 Å². The second-order valence-electron chi connectivity index (χ2n) is 10.4. The number of aryl methyl sites for hydroxylation is 2. The average molecular weight is 548 g/mol. The van der Waals surface area contributed by atoms with Gasteiger partial charge in [-0.25, -0.2) is 0 Å². The monoisotopic (exact) mass is 547 g/mol. The fraction of sp³-hybridized carbons (Fsp3) is 0.235. The van der Waals surface area contributed by atoms with E-state index in [1.165, 1.54) is 5.56 Å². The van der Waals surface area contributed by atoms with Crippen molar-refractivity contribution < 1.29 is 18.7 Å². The van der Waals surface area contributed by atoms with Crippen LogP contribution in [0.4, 0.5) is 0 Å². The standard InChI is InChI=1S/C34H33N3O4/c1-4-19-39-27-17-13-26(14-18-27)32-30-31(35-36(3)33(30)34(38)37(32)21-29-6-5-20-40-29)25-11-15-28(16-12-25)41-22-24-9-7-23(2)8-10-24/h5-18,20,32H,4,19,21-22H2,1-3H3/t32-/m0/s1. The first-order valence-electron chi connectivity index (χ1n) is 13.9. The van der Waals surface area contributed by atoms with Crippen molar-refractivity contribution in [3.63, 3.8) is 0 Å². The Morgan fingerprint density at radius 2 is 1.61 bits per heavy atom. The van der Waals surface area contributed by atoms with Crippen LogP contribution in [-0.2, 0) is 20.2 Å². The number of aromatic nitrogens is 2. The van der Waals surface area contributed by atoms with Crippen LogP contribution in [0.2, 0.25) is 0 Å². The number of hydrogen-bond acceptors (Lipinski definition) is 5. The van der Waals surface area contributed by atoms with Crippen molar-refractivity contribution in [2.45, 2.75) is 39.5 Å². The molecule has 1 aliphatic rings. The maximum atomic E-state index is 13.9. The van der Waals surface area contributed by atoms with Crippen molar-refractivity contribution in [2.24, 2.45) is 7.05 Å². The van der Waals surface area contributed by atoms with E-state index in [4.69, 9.17) is 19.0 Å². The molecule has 0 saturated heterocycles. The fourth-order valence-electron chi connectivity index (χ4n) is 5.28. The van der Waals surface area contributed by atoms with Crippen LogP contribution >= 0.6 is 0 Å². The molecule has 0 bridgehead atoms. The topological polar surface area (TPSA) is 69.7 Å². The van der Waals surface area contributed by atoms with Gasteiger partial charge >= 0.3 is 0 Å². The Kier molecular flexibility index (Phi) is 7.33. The van der Waals surface area contributed by atoms with Crippen molar-refractivity contribution in [3.05, 3.63) is 125 Å². The Labute approximate surface area is 239 Å². The summed E-state index contributed by atoms with van der Waals surface area (Å²) in [5.41, 5.74) is 6.50. The quantitative estimate of drug-likeness (QED) is 0.187.